The number of hydrogen-bond acceptors (Lipinski definition) is 5. The van der Waals surface area contributed by atoms with Gasteiger partial charge in [-0.05, 0) is 0 Å². The molecule has 0 aromatic carbocycles. The number of hydroxylamine groups is 2. The highest BCUT2D eigenvalue weighted by Gasteiger charge is 2.45. The zero-order chi connectivity index (χ0) is 13.6. The standard InChI is InChI=1S/C9H10N4O5S/c14-9-12-5-6(13(9)18-19(15,16)17)1-2-7(12)8-10-3-4-11-8/h1-4,6-7H,5H2,(H,10,11)(H,15,16,17)/t6?,7-/m0/s1. The Morgan fingerprint density at radius 3 is 2.89 bits per heavy atom. The van der Waals surface area contributed by atoms with Crippen molar-refractivity contribution in [1.29, 1.82) is 0 Å². The molecule has 1 fully saturated rings. The van der Waals surface area contributed by atoms with E-state index in [1.165, 1.54) is 4.90 Å². The van der Waals surface area contributed by atoms with Gasteiger partial charge in [-0.3, -0.25) is 4.55 Å². The molecular weight excluding hydrogens is 276 g/mol. The number of nitrogens with one attached hydrogen (secondary N) is 1. The summed E-state index contributed by atoms with van der Waals surface area (Å²) in [7, 11) is -4.73. The zero-order valence-corrected chi connectivity index (χ0v) is 10.3. The summed E-state index contributed by atoms with van der Waals surface area (Å²) in [5.41, 5.74) is 0. The van der Waals surface area contributed by atoms with E-state index in [0.717, 1.165) is 0 Å². The molecule has 1 aromatic heterocycles. The van der Waals surface area contributed by atoms with Gasteiger partial charge in [0.25, 0.3) is 0 Å². The SMILES string of the molecule is O=C1N(OS(=O)(=O)O)C2C=C[C@@H](c3ncc[nH]3)N1C2. The van der Waals surface area contributed by atoms with E-state index < -0.39 is 28.5 Å². The first-order valence-electron chi connectivity index (χ1n) is 5.40. The molecule has 0 radical (unpaired) electrons. The number of rotatable bonds is 3. The minimum atomic E-state index is -4.73. The minimum absolute atomic E-state index is 0.260. The Balaban J connectivity index is 1.88. The highest BCUT2D eigenvalue weighted by Crippen LogP contribution is 2.32. The van der Waals surface area contributed by atoms with Crippen LogP contribution in [0.4, 0.5) is 4.79 Å². The van der Waals surface area contributed by atoms with Gasteiger partial charge in [0.15, 0.2) is 0 Å². The van der Waals surface area contributed by atoms with Crippen molar-refractivity contribution in [2.24, 2.45) is 0 Å². The van der Waals surface area contributed by atoms with E-state index in [1.807, 2.05) is 0 Å². The van der Waals surface area contributed by atoms with Crippen molar-refractivity contribution >= 4 is 16.4 Å². The Bertz CT molecular complexity index is 625. The van der Waals surface area contributed by atoms with Crippen LogP contribution in [-0.2, 0) is 14.7 Å². The Hall–Kier alpha value is -1.91. The number of urea groups is 1. The minimum Gasteiger partial charge on any atom is -0.347 e. The molecule has 3 heterocycles. The molecule has 0 aliphatic carbocycles. The average Bonchev–Trinajstić information content (AvgIpc) is 2.93. The van der Waals surface area contributed by atoms with Gasteiger partial charge in [0.1, 0.15) is 11.9 Å². The second-order valence-electron chi connectivity index (χ2n) is 4.13. The lowest BCUT2D eigenvalue weighted by atomic mass is 10.1. The first-order chi connectivity index (χ1) is 8.96. The van der Waals surface area contributed by atoms with Crippen LogP contribution >= 0.6 is 0 Å². The Kier molecular flexibility index (Phi) is 2.59. The van der Waals surface area contributed by atoms with Crippen LogP contribution in [0.3, 0.4) is 0 Å². The van der Waals surface area contributed by atoms with E-state index in [2.05, 4.69) is 14.3 Å². The molecule has 2 aliphatic heterocycles. The van der Waals surface area contributed by atoms with E-state index in [-0.39, 0.29) is 6.54 Å². The number of aromatic nitrogens is 2. The normalized spacial score (nSPS) is 26.3. The topological polar surface area (TPSA) is 116 Å². The molecule has 2 aliphatic rings. The number of nitrogens with zero attached hydrogens (tertiary/aromatic N) is 3. The molecule has 19 heavy (non-hydrogen) atoms. The Labute approximate surface area is 108 Å². The van der Waals surface area contributed by atoms with Gasteiger partial charge in [-0.15, -0.1) is 4.28 Å². The van der Waals surface area contributed by atoms with Crippen LogP contribution in [0.2, 0.25) is 0 Å². The lowest BCUT2D eigenvalue weighted by Gasteiger charge is -2.24. The van der Waals surface area contributed by atoms with E-state index in [1.54, 1.807) is 24.5 Å². The van der Waals surface area contributed by atoms with E-state index >= 15 is 0 Å². The van der Waals surface area contributed by atoms with Gasteiger partial charge in [-0.25, -0.2) is 9.78 Å². The van der Waals surface area contributed by atoms with Gasteiger partial charge in [0.05, 0.1) is 12.6 Å². The first kappa shape index (κ1) is 12.1. The van der Waals surface area contributed by atoms with Crippen molar-refractivity contribution in [3.8, 4) is 0 Å². The fourth-order valence-corrected chi connectivity index (χ4v) is 2.58. The molecule has 10 heteroatoms. The van der Waals surface area contributed by atoms with Crippen LogP contribution in [0.1, 0.15) is 11.9 Å². The predicted octanol–water partition coefficient (Wildman–Crippen LogP) is -0.139. The smallest absolute Gasteiger partial charge is 0.347 e. The van der Waals surface area contributed by atoms with E-state index in [9.17, 15) is 13.2 Å². The third kappa shape index (κ3) is 2.09. The maximum absolute atomic E-state index is 12.0. The van der Waals surface area contributed by atoms with Gasteiger partial charge in [-0.1, -0.05) is 12.2 Å². The number of hydrogen-bond donors (Lipinski definition) is 2. The molecule has 9 nitrogen and oxygen atoms in total. The van der Waals surface area contributed by atoms with Gasteiger partial charge in [0, 0.05) is 12.4 Å². The largest absolute Gasteiger partial charge is 0.418 e. The van der Waals surface area contributed by atoms with E-state index in [4.69, 9.17) is 4.55 Å². The third-order valence-electron chi connectivity index (χ3n) is 2.94. The molecule has 102 valence electrons. The number of fused-ring (bicyclic) bond motifs is 2. The Morgan fingerprint density at radius 1 is 1.47 bits per heavy atom. The molecule has 2 amide bonds. The quantitative estimate of drug-likeness (QED) is 0.590. The summed E-state index contributed by atoms with van der Waals surface area (Å²) in [6, 6.07) is -1.61. The van der Waals surface area contributed by atoms with Crippen molar-refractivity contribution in [2.75, 3.05) is 6.54 Å². The summed E-state index contributed by atoms with van der Waals surface area (Å²) in [6.45, 7) is 0.260. The van der Waals surface area contributed by atoms with E-state index in [0.29, 0.717) is 10.9 Å². The van der Waals surface area contributed by atoms with Crippen molar-refractivity contribution in [1.82, 2.24) is 19.9 Å². The summed E-state index contributed by atoms with van der Waals surface area (Å²) < 4.78 is 34.4. The van der Waals surface area contributed by atoms with Crippen LogP contribution in [0.15, 0.2) is 24.5 Å². The van der Waals surface area contributed by atoms with Gasteiger partial charge >= 0.3 is 16.4 Å². The summed E-state index contributed by atoms with van der Waals surface area (Å²) in [5.74, 6) is 0.566. The second-order valence-corrected chi connectivity index (χ2v) is 5.14. The molecular formula is C9H10N4O5S. The number of carbonyl (C=O) groups is 1. The summed E-state index contributed by atoms with van der Waals surface area (Å²) in [5, 5.41) is 0.634. The first-order valence-corrected chi connectivity index (χ1v) is 6.76. The number of imidazole rings is 1. The molecule has 1 unspecified atom stereocenters. The number of carbonyl (C=O) groups excluding carboxylic acids is 1. The lowest BCUT2D eigenvalue weighted by molar-refractivity contribution is -0.0186. The highest BCUT2D eigenvalue weighted by atomic mass is 32.3. The fraction of sp³-hybridized carbons (Fsp3) is 0.333. The number of amides is 2. The van der Waals surface area contributed by atoms with Crippen molar-refractivity contribution in [2.45, 2.75) is 12.1 Å². The number of aromatic amines is 1. The molecule has 0 spiro atoms. The number of H-pyrrole nitrogens is 1. The van der Waals surface area contributed by atoms with Gasteiger partial charge in [-0.2, -0.15) is 13.5 Å². The summed E-state index contributed by atoms with van der Waals surface area (Å²) in [6.07, 6.45) is 6.54. The molecule has 1 aromatic rings. The molecule has 2 N–H and O–H groups in total. The lowest BCUT2D eigenvalue weighted by Crippen LogP contribution is -2.35. The average molecular weight is 286 g/mol. The monoisotopic (exact) mass is 286 g/mol. The second kappa shape index (κ2) is 4.05. The van der Waals surface area contributed by atoms with Crippen LogP contribution in [0.25, 0.3) is 0 Å². The predicted molar refractivity (Wildman–Crippen MR) is 60.8 cm³/mol. The van der Waals surface area contributed by atoms with Crippen molar-refractivity contribution in [3.05, 3.63) is 30.4 Å². The molecule has 2 atom stereocenters. The molecule has 3 rings (SSSR count). The van der Waals surface area contributed by atoms with Crippen LogP contribution in [0.5, 0.6) is 0 Å². The Morgan fingerprint density at radius 2 is 2.26 bits per heavy atom. The highest BCUT2D eigenvalue weighted by molar-refractivity contribution is 7.80. The fourth-order valence-electron chi connectivity index (χ4n) is 2.20. The third-order valence-corrected chi connectivity index (χ3v) is 3.29. The van der Waals surface area contributed by atoms with Crippen LogP contribution < -0.4 is 0 Å². The maximum atomic E-state index is 12.0. The van der Waals surface area contributed by atoms with Crippen LogP contribution in [-0.4, -0.2) is 51.5 Å². The van der Waals surface area contributed by atoms with Gasteiger partial charge < -0.3 is 9.88 Å². The van der Waals surface area contributed by atoms with Crippen molar-refractivity contribution < 1.29 is 22.0 Å². The molecule has 1 saturated heterocycles. The van der Waals surface area contributed by atoms with Crippen LogP contribution in [0, 0.1) is 0 Å². The summed E-state index contributed by atoms with van der Waals surface area (Å²) in [4.78, 5) is 20.4. The molecule has 0 saturated carbocycles. The molecule has 2 bridgehead atoms. The van der Waals surface area contributed by atoms with Gasteiger partial charge in [0.2, 0.25) is 0 Å². The van der Waals surface area contributed by atoms with Crippen molar-refractivity contribution in [3.63, 3.8) is 0 Å². The summed E-state index contributed by atoms with van der Waals surface area (Å²) >= 11 is 0. The maximum Gasteiger partial charge on any atom is 0.418 e. The zero-order valence-electron chi connectivity index (χ0n) is 9.50.